The number of primary amides is 1. The van der Waals surface area contributed by atoms with Gasteiger partial charge in [0.15, 0.2) is 16.6 Å². The molecule has 0 spiro atoms. The number of urea groups is 1. The van der Waals surface area contributed by atoms with Crippen LogP contribution in [0.3, 0.4) is 0 Å². The molecule has 1 saturated heterocycles. The minimum Gasteiger partial charge on any atom is -0.512 e. The Bertz CT molecular complexity index is 3750. The molecule has 2 aliphatic rings. The van der Waals surface area contributed by atoms with Gasteiger partial charge in [-0.05, 0) is 85.1 Å². The zero-order valence-electron chi connectivity index (χ0n) is 46.2. The molecular weight excluding hydrogens is 1090 g/mol. The molecule has 1 unspecified atom stereocenters. The molecule has 84 heavy (non-hydrogen) atoms. The number of ketones is 1. The lowest BCUT2D eigenvalue weighted by Crippen LogP contribution is -2.54. The normalized spacial score (nSPS) is 14.9. The average Bonchev–Trinajstić information content (AvgIpc) is 1.33. The summed E-state index contributed by atoms with van der Waals surface area (Å²) in [6.07, 6.45) is 4.87. The van der Waals surface area contributed by atoms with Crippen molar-refractivity contribution in [3.8, 4) is 51.2 Å². The van der Waals surface area contributed by atoms with Crippen LogP contribution in [0.1, 0.15) is 95.4 Å². The van der Waals surface area contributed by atoms with Gasteiger partial charge in [0, 0.05) is 74.5 Å². The molecule has 2 aromatic heterocycles. The Morgan fingerprint density at radius 2 is 1.36 bits per heavy atom. The van der Waals surface area contributed by atoms with Gasteiger partial charge in [-0.2, -0.15) is 0 Å². The van der Waals surface area contributed by atoms with Gasteiger partial charge in [-0.25, -0.2) is 9.59 Å². The van der Waals surface area contributed by atoms with Gasteiger partial charge in [-0.15, -0.1) is 0 Å². The zero-order valence-corrected chi connectivity index (χ0v) is 46.2. The summed E-state index contributed by atoms with van der Waals surface area (Å²) >= 11 is 0. The number of nitrogens with two attached hydrogens (primary N) is 1. The van der Waals surface area contributed by atoms with Crippen molar-refractivity contribution in [3.05, 3.63) is 128 Å². The van der Waals surface area contributed by atoms with Gasteiger partial charge >= 0.3 is 12.2 Å². The predicted molar refractivity (Wildman–Crippen MR) is 304 cm³/mol. The van der Waals surface area contributed by atoms with E-state index < -0.39 is 80.5 Å². The predicted octanol–water partition coefficient (Wildman–Crippen LogP) is 7.53. The van der Waals surface area contributed by atoms with Crippen LogP contribution in [0.2, 0.25) is 0 Å². The van der Waals surface area contributed by atoms with Gasteiger partial charge in [0.1, 0.15) is 74.9 Å². The van der Waals surface area contributed by atoms with E-state index in [1.807, 2.05) is 0 Å². The number of likely N-dealkylation sites (tertiary alicyclic amines) is 1. The number of unbranched alkanes of at least 4 members (excludes halogenated alkanes) is 2. The first-order valence-corrected chi connectivity index (χ1v) is 27.2. The SMILES string of the molecule is CC1CC(=O)N(CCCCCC(=O)N[C@H](C(=O)N[C@@H](CCCNC(N)=O)C(=O)Cc2ccc(COC(=O)Oc3ccc(-c4cc(=O)c5c(O)c(-c6c(O)cc7oc(C8=CC=C(O)CC8)cc(=O)c7c6O)c(O)cc5o4)cc3)cc2)C(C)C)C1=O. The summed E-state index contributed by atoms with van der Waals surface area (Å²) in [5.74, 6) is -5.18. The molecule has 23 heteroatoms. The van der Waals surface area contributed by atoms with E-state index in [0.717, 1.165) is 24.3 Å². The first-order valence-electron chi connectivity index (χ1n) is 27.2. The van der Waals surface area contributed by atoms with Crippen LogP contribution in [-0.2, 0) is 41.7 Å². The number of nitrogens with zero attached hydrogens (tertiary/aromatic N) is 1. The molecule has 8 rings (SSSR count). The Hall–Kier alpha value is -9.93. The maximum atomic E-state index is 13.8. The van der Waals surface area contributed by atoms with Crippen molar-refractivity contribution in [2.75, 3.05) is 13.1 Å². The van der Waals surface area contributed by atoms with Crippen LogP contribution in [0.25, 0.3) is 50.0 Å². The fourth-order valence-electron chi connectivity index (χ4n) is 9.93. The molecule has 23 nitrogen and oxygen atoms in total. The highest BCUT2D eigenvalue weighted by Gasteiger charge is 2.35. The van der Waals surface area contributed by atoms with Crippen molar-refractivity contribution >= 4 is 69.1 Å². The van der Waals surface area contributed by atoms with E-state index in [1.54, 1.807) is 51.1 Å². The standard InChI is InChI=1S/C61H63N5O18/c1-31(2)55(65-49(73)9-5-4-6-23-66-50(74)24-32(3)59(66)78)58(77)64-39(8-7-22-63-60(62)79)40(68)25-33-10-12-34(13-11-33)30-81-61(80)82-38-20-16-36(17-21-38)46-27-42(70)52-48(84-46)29-44(72)54(57(52)76)53-43(71)28-47-51(56(53)75)41(69)26-45(83-47)35-14-18-37(67)19-15-35/h10-14,16-18,20-21,26-29,31-32,39,55,67,71-72,75-76H,4-9,15,19,22-25,30H2,1-3H3,(H,64,77)(H,65,73)(H3,62,63,79)/t32?,39-,55-/m0/s1. The van der Waals surface area contributed by atoms with Crippen molar-refractivity contribution < 1.29 is 77.4 Å². The number of rotatable bonds is 23. The molecule has 6 amide bonds. The summed E-state index contributed by atoms with van der Waals surface area (Å²) in [6.45, 7) is 5.44. The van der Waals surface area contributed by atoms with Gasteiger partial charge in [-0.1, -0.05) is 57.5 Å². The Balaban J connectivity index is 0.849. The lowest BCUT2D eigenvalue weighted by Gasteiger charge is -2.25. The molecule has 0 saturated carbocycles. The zero-order chi connectivity index (χ0) is 60.5. The van der Waals surface area contributed by atoms with Crippen LogP contribution in [0.15, 0.2) is 109 Å². The molecule has 1 fully saturated rings. The van der Waals surface area contributed by atoms with E-state index in [9.17, 15) is 68.7 Å². The van der Waals surface area contributed by atoms with Gasteiger partial charge in [-0.3, -0.25) is 38.5 Å². The van der Waals surface area contributed by atoms with Crippen molar-refractivity contribution in [2.45, 2.75) is 104 Å². The summed E-state index contributed by atoms with van der Waals surface area (Å²) < 4.78 is 22.4. The molecule has 1 aliphatic carbocycles. The number of carbonyl (C=O) groups excluding carboxylic acids is 7. The molecule has 4 aromatic carbocycles. The highest BCUT2D eigenvalue weighted by atomic mass is 16.7. The average molecular weight is 1150 g/mol. The molecule has 3 heterocycles. The van der Waals surface area contributed by atoms with Crippen LogP contribution in [-0.4, -0.2) is 97.2 Å². The third kappa shape index (κ3) is 14.2. The van der Waals surface area contributed by atoms with Crippen molar-refractivity contribution in [3.63, 3.8) is 0 Å². The summed E-state index contributed by atoms with van der Waals surface area (Å²) in [6, 6.07) is 13.8. The van der Waals surface area contributed by atoms with Gasteiger partial charge in [0.2, 0.25) is 23.6 Å². The fraction of sp³-hybridized carbons (Fsp3) is 0.328. The Morgan fingerprint density at radius 3 is 1.94 bits per heavy atom. The number of fused-ring (bicyclic) bond motifs is 2. The third-order valence-corrected chi connectivity index (χ3v) is 14.4. The first-order chi connectivity index (χ1) is 40.1. The summed E-state index contributed by atoms with van der Waals surface area (Å²) in [5, 5.41) is 62.0. The number of phenols is 4. The number of hydrogen-bond donors (Lipinski definition) is 9. The second kappa shape index (κ2) is 26.3. The molecule has 0 bridgehead atoms. The second-order valence-corrected chi connectivity index (χ2v) is 21.0. The first kappa shape index (κ1) is 60.2. The highest BCUT2D eigenvalue weighted by molar-refractivity contribution is 6.04. The molecule has 3 atom stereocenters. The van der Waals surface area contributed by atoms with Crippen LogP contribution in [0, 0.1) is 11.8 Å². The molecule has 10 N–H and O–H groups in total. The third-order valence-electron chi connectivity index (χ3n) is 14.4. The Morgan fingerprint density at radius 1 is 0.738 bits per heavy atom. The monoisotopic (exact) mass is 1150 g/mol. The molecular formula is C61H63N5O18. The number of aromatic hydroxyl groups is 4. The van der Waals surface area contributed by atoms with Crippen LogP contribution in [0.5, 0.6) is 28.7 Å². The number of aliphatic hydroxyl groups is 1. The van der Waals surface area contributed by atoms with E-state index in [-0.39, 0.29) is 120 Å². The number of hydrogen-bond acceptors (Lipinski definition) is 18. The number of allylic oxidation sites excluding steroid dienone is 4. The van der Waals surface area contributed by atoms with Crippen LogP contribution < -0.4 is 37.3 Å². The largest absolute Gasteiger partial charge is 0.514 e. The van der Waals surface area contributed by atoms with Crippen molar-refractivity contribution in [1.29, 1.82) is 0 Å². The fourth-order valence-corrected chi connectivity index (χ4v) is 9.93. The minimum absolute atomic E-state index is 0.0233. The van der Waals surface area contributed by atoms with E-state index in [4.69, 9.17) is 24.0 Å². The number of imide groups is 1. The van der Waals surface area contributed by atoms with E-state index in [2.05, 4.69) is 16.0 Å². The number of nitrogens with one attached hydrogen (secondary N) is 3. The number of ether oxygens (including phenoxy) is 2. The lowest BCUT2D eigenvalue weighted by molar-refractivity contribution is -0.139. The molecule has 6 aromatic rings. The summed E-state index contributed by atoms with van der Waals surface area (Å²) in [5.41, 5.74) is 4.10. The van der Waals surface area contributed by atoms with Crippen molar-refractivity contribution in [1.82, 2.24) is 20.9 Å². The number of carbonyl (C=O) groups is 7. The van der Waals surface area contributed by atoms with Crippen LogP contribution in [0.4, 0.5) is 9.59 Å². The van der Waals surface area contributed by atoms with E-state index in [1.165, 1.54) is 35.2 Å². The second-order valence-electron chi connectivity index (χ2n) is 21.0. The lowest BCUT2D eigenvalue weighted by atomic mass is 9.96. The van der Waals surface area contributed by atoms with Gasteiger partial charge in [0.25, 0.3) is 0 Å². The van der Waals surface area contributed by atoms with Crippen molar-refractivity contribution in [2.24, 2.45) is 17.6 Å². The maximum absolute atomic E-state index is 13.8. The quantitative estimate of drug-likeness (QED) is 0.0129. The van der Waals surface area contributed by atoms with Gasteiger partial charge < -0.3 is 65.5 Å². The number of aliphatic hydroxyl groups excluding tert-OH is 1. The number of amides is 6. The van der Waals surface area contributed by atoms with Gasteiger partial charge in [0.05, 0.1) is 22.9 Å². The summed E-state index contributed by atoms with van der Waals surface area (Å²) in [7, 11) is 0. The van der Waals surface area contributed by atoms with E-state index >= 15 is 0 Å². The number of Topliss-reactive ketones (excluding diaryl/α,β-unsaturated/α-hetero) is 1. The Kier molecular flexibility index (Phi) is 18.9. The van der Waals surface area contributed by atoms with E-state index in [0.29, 0.717) is 60.8 Å². The number of benzene rings is 4. The Labute approximate surface area is 479 Å². The molecule has 1 aliphatic heterocycles. The number of phenolic OH excluding ortho intramolecular Hbond substituents is 4. The molecule has 0 radical (unpaired) electrons. The topological polar surface area (TPSA) is 365 Å². The smallest absolute Gasteiger partial charge is 0.512 e. The maximum Gasteiger partial charge on any atom is 0.514 e. The summed E-state index contributed by atoms with van der Waals surface area (Å²) in [4.78, 5) is 117. The minimum atomic E-state index is -1.06. The van der Waals surface area contributed by atoms with Crippen LogP contribution >= 0.6 is 0 Å². The molecule has 440 valence electrons. The highest BCUT2D eigenvalue weighted by Crippen LogP contribution is 2.51.